The van der Waals surface area contributed by atoms with Gasteiger partial charge in [0.25, 0.3) is 5.91 Å². The fourth-order valence-corrected chi connectivity index (χ4v) is 5.15. The van der Waals surface area contributed by atoms with Gasteiger partial charge in [-0.25, -0.2) is 5.01 Å². The number of hydrazone groups is 1. The van der Waals surface area contributed by atoms with E-state index in [1.54, 1.807) is 5.01 Å². The molecule has 0 aromatic heterocycles. The van der Waals surface area contributed by atoms with E-state index in [0.717, 1.165) is 48.3 Å². The molecule has 0 aliphatic carbocycles. The van der Waals surface area contributed by atoms with E-state index in [1.165, 1.54) is 0 Å². The Labute approximate surface area is 193 Å². The number of benzene rings is 2. The van der Waals surface area contributed by atoms with E-state index >= 15 is 0 Å². The highest BCUT2D eigenvalue weighted by molar-refractivity contribution is 6.34. The van der Waals surface area contributed by atoms with Crippen LogP contribution in [0.4, 0.5) is 0 Å². The summed E-state index contributed by atoms with van der Waals surface area (Å²) in [6, 6.07) is 15.8. The maximum atomic E-state index is 13.5. The van der Waals surface area contributed by atoms with Gasteiger partial charge in [0.1, 0.15) is 0 Å². The first-order chi connectivity index (χ1) is 15.5. The lowest BCUT2D eigenvalue weighted by molar-refractivity contribution is -0.186. The van der Waals surface area contributed by atoms with Crippen LogP contribution in [0, 0.1) is 6.92 Å². The molecule has 3 aliphatic rings. The fourth-order valence-electron chi connectivity index (χ4n) is 4.90. The summed E-state index contributed by atoms with van der Waals surface area (Å²) in [6.07, 6.45) is 2.22. The molecule has 7 heteroatoms. The fraction of sp³-hybridized carbons (Fsp3) is 0.440. The standard InChI is InChI=1S/C25H28ClN3O3/c1-18-6-2-3-7-19(18)23-16-22(20-8-4-5-9-21(20)26)27-29(23)24(30)17-28-12-10-25(11-13-28)31-14-15-32-25/h2-9,23H,10-17H2,1H3. The molecule has 0 bridgehead atoms. The van der Waals surface area contributed by atoms with Crippen molar-refractivity contribution in [1.29, 1.82) is 0 Å². The average Bonchev–Trinajstić information content (AvgIpc) is 3.44. The Kier molecular flexibility index (Phi) is 6.03. The molecular formula is C25H28ClN3O3. The van der Waals surface area contributed by atoms with Crippen molar-refractivity contribution in [1.82, 2.24) is 9.91 Å². The number of carbonyl (C=O) groups excluding carboxylic acids is 1. The van der Waals surface area contributed by atoms with Crippen molar-refractivity contribution in [2.45, 2.75) is 38.0 Å². The van der Waals surface area contributed by atoms with Crippen LogP contribution >= 0.6 is 11.6 Å². The first kappa shape index (κ1) is 21.6. The van der Waals surface area contributed by atoms with E-state index in [2.05, 4.69) is 24.0 Å². The van der Waals surface area contributed by atoms with Gasteiger partial charge in [0.05, 0.1) is 31.5 Å². The van der Waals surface area contributed by atoms with Crippen LogP contribution in [0.5, 0.6) is 0 Å². The molecule has 6 nitrogen and oxygen atoms in total. The Morgan fingerprint density at radius 2 is 1.78 bits per heavy atom. The number of rotatable bonds is 4. The SMILES string of the molecule is Cc1ccccc1C1CC(c2ccccc2Cl)=NN1C(=O)CN1CCC2(CC1)OCCO2. The highest BCUT2D eigenvalue weighted by Crippen LogP contribution is 2.36. The van der Waals surface area contributed by atoms with Gasteiger partial charge in [0.2, 0.25) is 0 Å². The zero-order valence-electron chi connectivity index (χ0n) is 18.3. The maximum Gasteiger partial charge on any atom is 0.257 e. The molecule has 2 aromatic rings. The number of carbonyl (C=O) groups is 1. The number of halogens is 1. The van der Waals surface area contributed by atoms with Gasteiger partial charge >= 0.3 is 0 Å². The van der Waals surface area contributed by atoms with Crippen LogP contribution in [0.2, 0.25) is 5.02 Å². The van der Waals surface area contributed by atoms with Crippen LogP contribution in [0.1, 0.15) is 42.0 Å². The minimum atomic E-state index is -0.438. The molecule has 1 atom stereocenters. The van der Waals surface area contributed by atoms with Crippen LogP contribution in [0.15, 0.2) is 53.6 Å². The molecule has 168 valence electrons. The number of hydrogen-bond acceptors (Lipinski definition) is 5. The van der Waals surface area contributed by atoms with Gasteiger partial charge < -0.3 is 9.47 Å². The van der Waals surface area contributed by atoms with Crippen LogP contribution in [0.25, 0.3) is 0 Å². The molecule has 1 amide bonds. The summed E-state index contributed by atoms with van der Waals surface area (Å²) in [5, 5.41) is 7.12. The Morgan fingerprint density at radius 1 is 1.09 bits per heavy atom. The second-order valence-corrected chi connectivity index (χ2v) is 9.13. The molecule has 0 N–H and O–H groups in total. The molecule has 2 fully saturated rings. The first-order valence-electron chi connectivity index (χ1n) is 11.2. The lowest BCUT2D eigenvalue weighted by Gasteiger charge is -2.37. The van der Waals surface area contributed by atoms with E-state index in [4.69, 9.17) is 26.2 Å². The number of nitrogens with zero attached hydrogens (tertiary/aromatic N) is 3. The Bertz CT molecular complexity index is 1020. The molecule has 3 heterocycles. The van der Waals surface area contributed by atoms with Crippen molar-refractivity contribution in [2.75, 3.05) is 32.8 Å². The Balaban J connectivity index is 1.36. The number of hydrogen-bond donors (Lipinski definition) is 0. The molecule has 2 saturated heterocycles. The van der Waals surface area contributed by atoms with Gasteiger partial charge in [-0.3, -0.25) is 9.69 Å². The van der Waals surface area contributed by atoms with Gasteiger partial charge in [-0.2, -0.15) is 5.10 Å². The largest absolute Gasteiger partial charge is 0.347 e. The summed E-state index contributed by atoms with van der Waals surface area (Å²) in [5.41, 5.74) is 4.01. The van der Waals surface area contributed by atoms with Crippen LogP contribution < -0.4 is 0 Å². The van der Waals surface area contributed by atoms with E-state index in [0.29, 0.717) is 31.2 Å². The summed E-state index contributed by atoms with van der Waals surface area (Å²) in [4.78, 5) is 15.6. The van der Waals surface area contributed by atoms with Crippen molar-refractivity contribution >= 4 is 23.2 Å². The smallest absolute Gasteiger partial charge is 0.257 e. The average molecular weight is 454 g/mol. The number of amides is 1. The van der Waals surface area contributed by atoms with Crippen molar-refractivity contribution < 1.29 is 14.3 Å². The predicted octanol–water partition coefficient (Wildman–Crippen LogP) is 4.17. The van der Waals surface area contributed by atoms with E-state index in [9.17, 15) is 4.79 Å². The molecule has 1 spiro atoms. The third-order valence-electron chi connectivity index (χ3n) is 6.69. The lowest BCUT2D eigenvalue weighted by Crippen LogP contribution is -2.48. The third kappa shape index (κ3) is 4.20. The number of ether oxygens (including phenoxy) is 2. The second-order valence-electron chi connectivity index (χ2n) is 8.73. The minimum Gasteiger partial charge on any atom is -0.347 e. The zero-order valence-corrected chi connectivity index (χ0v) is 19.1. The molecule has 2 aromatic carbocycles. The zero-order chi connectivity index (χ0) is 22.1. The topological polar surface area (TPSA) is 54.4 Å². The summed E-state index contributed by atoms with van der Waals surface area (Å²) in [6.45, 7) is 5.27. The van der Waals surface area contributed by atoms with Crippen molar-refractivity contribution in [2.24, 2.45) is 5.10 Å². The van der Waals surface area contributed by atoms with Gasteiger partial charge in [-0.15, -0.1) is 0 Å². The molecule has 1 unspecified atom stereocenters. The Morgan fingerprint density at radius 3 is 2.50 bits per heavy atom. The highest BCUT2D eigenvalue weighted by Gasteiger charge is 2.41. The van der Waals surface area contributed by atoms with E-state index < -0.39 is 5.79 Å². The van der Waals surface area contributed by atoms with Crippen molar-refractivity contribution in [3.63, 3.8) is 0 Å². The summed E-state index contributed by atoms with van der Waals surface area (Å²) >= 11 is 6.46. The number of likely N-dealkylation sites (tertiary alicyclic amines) is 1. The van der Waals surface area contributed by atoms with Crippen molar-refractivity contribution in [3.8, 4) is 0 Å². The van der Waals surface area contributed by atoms with Gasteiger partial charge in [-0.05, 0) is 24.1 Å². The minimum absolute atomic E-state index is 0.00418. The molecule has 0 saturated carbocycles. The third-order valence-corrected chi connectivity index (χ3v) is 7.02. The van der Waals surface area contributed by atoms with Crippen LogP contribution in [-0.4, -0.2) is 60.2 Å². The molecular weight excluding hydrogens is 426 g/mol. The maximum absolute atomic E-state index is 13.5. The van der Waals surface area contributed by atoms with Crippen LogP contribution in [-0.2, 0) is 14.3 Å². The molecule has 0 radical (unpaired) electrons. The van der Waals surface area contributed by atoms with E-state index in [-0.39, 0.29) is 11.9 Å². The number of aryl methyl sites for hydroxylation is 1. The summed E-state index contributed by atoms with van der Waals surface area (Å²) < 4.78 is 11.6. The van der Waals surface area contributed by atoms with Gasteiger partial charge in [-0.1, -0.05) is 54.1 Å². The predicted molar refractivity (Wildman–Crippen MR) is 124 cm³/mol. The van der Waals surface area contributed by atoms with Gasteiger partial charge in [0.15, 0.2) is 5.79 Å². The van der Waals surface area contributed by atoms with Gasteiger partial charge in [0, 0.05) is 42.9 Å². The highest BCUT2D eigenvalue weighted by atomic mass is 35.5. The number of piperidine rings is 1. The summed E-state index contributed by atoms with van der Waals surface area (Å²) in [7, 11) is 0. The Hall–Kier alpha value is -2.25. The summed E-state index contributed by atoms with van der Waals surface area (Å²) in [5.74, 6) is -0.434. The lowest BCUT2D eigenvalue weighted by atomic mass is 9.95. The van der Waals surface area contributed by atoms with Crippen LogP contribution in [0.3, 0.4) is 0 Å². The molecule has 5 rings (SSSR count). The quantitative estimate of drug-likeness (QED) is 0.697. The molecule has 32 heavy (non-hydrogen) atoms. The monoisotopic (exact) mass is 453 g/mol. The van der Waals surface area contributed by atoms with Crippen molar-refractivity contribution in [3.05, 3.63) is 70.2 Å². The molecule has 3 aliphatic heterocycles. The normalized spacial score (nSPS) is 23.0. The first-order valence-corrected chi connectivity index (χ1v) is 11.6. The second kappa shape index (κ2) is 8.94. The van der Waals surface area contributed by atoms with E-state index in [1.807, 2.05) is 36.4 Å².